The molecule has 3 heteroatoms. The number of allylic oxidation sites excluding steroid dienone is 1. The van der Waals surface area contributed by atoms with Crippen LogP contribution in [0.3, 0.4) is 0 Å². The summed E-state index contributed by atoms with van der Waals surface area (Å²) in [4.78, 5) is 0. The minimum absolute atomic E-state index is 0.495. The van der Waals surface area contributed by atoms with Gasteiger partial charge in [0.15, 0.2) is 0 Å². The van der Waals surface area contributed by atoms with Gasteiger partial charge in [-0.1, -0.05) is 29.8 Å². The topological polar surface area (TPSA) is 29.5 Å². The van der Waals surface area contributed by atoms with E-state index in [1.54, 1.807) is 7.11 Å². The second kappa shape index (κ2) is 4.89. The zero-order valence-electron chi connectivity index (χ0n) is 9.24. The molecular formula is C13H15ClO2. The second-order valence-electron chi connectivity index (χ2n) is 3.93. The van der Waals surface area contributed by atoms with Gasteiger partial charge in [-0.2, -0.15) is 0 Å². The average molecular weight is 239 g/mol. The fraction of sp³-hybridized carbons (Fsp3) is 0.385. The first-order valence-electron chi connectivity index (χ1n) is 5.44. The van der Waals surface area contributed by atoms with Crippen LogP contribution in [0, 0.1) is 0 Å². The first kappa shape index (κ1) is 11.5. The molecule has 1 aromatic rings. The summed E-state index contributed by atoms with van der Waals surface area (Å²) in [5.41, 5.74) is 2.01. The van der Waals surface area contributed by atoms with E-state index in [9.17, 15) is 5.11 Å². The van der Waals surface area contributed by atoms with Gasteiger partial charge >= 0.3 is 0 Å². The van der Waals surface area contributed by atoms with Gasteiger partial charge in [0.05, 0.1) is 7.11 Å². The molecule has 2 nitrogen and oxygen atoms in total. The van der Waals surface area contributed by atoms with Crippen LogP contribution in [0.1, 0.15) is 24.8 Å². The second-order valence-corrected chi connectivity index (χ2v) is 4.34. The fourth-order valence-electron chi connectivity index (χ4n) is 2.16. The Morgan fingerprint density at radius 1 is 1.38 bits per heavy atom. The maximum absolute atomic E-state index is 9.87. The van der Waals surface area contributed by atoms with Crippen LogP contribution >= 0.6 is 11.6 Å². The van der Waals surface area contributed by atoms with Crippen LogP contribution in [0.2, 0.25) is 5.02 Å². The average Bonchev–Trinajstić information content (AvgIpc) is 2.29. The molecule has 1 N–H and O–H groups in total. The number of aliphatic hydroxyl groups excluding tert-OH is 1. The molecule has 0 amide bonds. The number of rotatable bonds is 2. The van der Waals surface area contributed by atoms with Gasteiger partial charge in [0.1, 0.15) is 11.9 Å². The third-order valence-corrected chi connectivity index (χ3v) is 3.25. The van der Waals surface area contributed by atoms with Gasteiger partial charge in [0.25, 0.3) is 0 Å². The number of ether oxygens (including phenoxy) is 1. The number of methoxy groups -OCH3 is 1. The van der Waals surface area contributed by atoms with Crippen molar-refractivity contribution >= 4 is 17.2 Å². The minimum atomic E-state index is -0.495. The Kier molecular flexibility index (Phi) is 3.52. The van der Waals surface area contributed by atoms with Crippen molar-refractivity contribution < 1.29 is 9.84 Å². The molecule has 0 bridgehead atoms. The lowest BCUT2D eigenvalue weighted by Gasteiger charge is -2.24. The summed E-state index contributed by atoms with van der Waals surface area (Å²) in [7, 11) is 1.60. The summed E-state index contributed by atoms with van der Waals surface area (Å²) in [6.07, 6.45) is 2.14. The highest BCUT2D eigenvalue weighted by molar-refractivity contribution is 6.32. The largest absolute Gasteiger partial charge is 0.498 e. The molecule has 0 saturated heterocycles. The van der Waals surface area contributed by atoms with Gasteiger partial charge in [-0.15, -0.1) is 0 Å². The van der Waals surface area contributed by atoms with Crippen molar-refractivity contribution in [3.63, 3.8) is 0 Å². The van der Waals surface area contributed by atoms with Crippen molar-refractivity contribution in [3.8, 4) is 0 Å². The van der Waals surface area contributed by atoms with Crippen LogP contribution in [0.15, 0.2) is 30.0 Å². The van der Waals surface area contributed by atoms with Gasteiger partial charge in [0.2, 0.25) is 0 Å². The Morgan fingerprint density at radius 2 is 2.12 bits per heavy atom. The Hall–Kier alpha value is -0.990. The predicted molar refractivity (Wildman–Crippen MR) is 65.2 cm³/mol. The highest BCUT2D eigenvalue weighted by atomic mass is 35.5. The molecule has 86 valence electrons. The Labute approximate surface area is 101 Å². The maximum Gasteiger partial charge on any atom is 0.128 e. The van der Waals surface area contributed by atoms with Crippen LogP contribution in [0.25, 0.3) is 5.57 Å². The normalized spacial score (nSPS) is 21.1. The molecule has 0 aromatic heterocycles. The summed E-state index contributed by atoms with van der Waals surface area (Å²) < 4.78 is 5.30. The summed E-state index contributed by atoms with van der Waals surface area (Å²) in [6, 6.07) is 7.67. The van der Waals surface area contributed by atoms with E-state index in [1.165, 1.54) is 0 Å². The van der Waals surface area contributed by atoms with Crippen LogP contribution in [-0.4, -0.2) is 18.3 Å². The lowest BCUT2D eigenvalue weighted by Crippen LogP contribution is -2.18. The van der Waals surface area contributed by atoms with Gasteiger partial charge in [-0.3, -0.25) is 0 Å². The first-order valence-corrected chi connectivity index (χ1v) is 5.82. The molecule has 0 fully saturated rings. The number of halogens is 1. The third kappa shape index (κ3) is 2.08. The van der Waals surface area contributed by atoms with Crippen LogP contribution in [-0.2, 0) is 4.74 Å². The molecule has 1 aliphatic rings. The van der Waals surface area contributed by atoms with Crippen molar-refractivity contribution in [1.29, 1.82) is 0 Å². The third-order valence-electron chi connectivity index (χ3n) is 2.92. The van der Waals surface area contributed by atoms with E-state index in [-0.39, 0.29) is 0 Å². The number of hydrogen-bond acceptors (Lipinski definition) is 2. The van der Waals surface area contributed by atoms with E-state index in [1.807, 2.05) is 24.3 Å². The molecule has 0 saturated carbocycles. The van der Waals surface area contributed by atoms with E-state index in [2.05, 4.69) is 0 Å². The van der Waals surface area contributed by atoms with Crippen molar-refractivity contribution in [1.82, 2.24) is 0 Å². The van der Waals surface area contributed by atoms with E-state index in [4.69, 9.17) is 16.3 Å². The summed E-state index contributed by atoms with van der Waals surface area (Å²) in [6.45, 7) is 0. The minimum Gasteiger partial charge on any atom is -0.498 e. The smallest absolute Gasteiger partial charge is 0.128 e. The Bertz CT molecular complexity index is 412. The monoisotopic (exact) mass is 238 g/mol. The highest BCUT2D eigenvalue weighted by Crippen LogP contribution is 2.35. The van der Waals surface area contributed by atoms with Gasteiger partial charge < -0.3 is 9.84 Å². The lowest BCUT2D eigenvalue weighted by atomic mass is 9.90. The molecule has 1 atom stereocenters. The van der Waals surface area contributed by atoms with Gasteiger partial charge in [0, 0.05) is 10.6 Å². The zero-order valence-corrected chi connectivity index (χ0v) is 10.00. The maximum atomic E-state index is 9.87. The molecule has 2 rings (SSSR count). The van der Waals surface area contributed by atoms with E-state index < -0.39 is 6.10 Å². The van der Waals surface area contributed by atoms with E-state index in [0.29, 0.717) is 10.8 Å². The predicted octanol–water partition coefficient (Wildman–Crippen LogP) is 3.24. The molecular weight excluding hydrogens is 224 g/mol. The highest BCUT2D eigenvalue weighted by Gasteiger charge is 2.23. The van der Waals surface area contributed by atoms with Gasteiger partial charge in [-0.25, -0.2) is 0 Å². The van der Waals surface area contributed by atoms with Crippen LogP contribution in [0.5, 0.6) is 0 Å². The number of hydrogen-bond donors (Lipinski definition) is 1. The summed E-state index contributed by atoms with van der Waals surface area (Å²) in [5.74, 6) is 0.666. The number of benzene rings is 1. The Balaban J connectivity index is 2.49. The van der Waals surface area contributed by atoms with Crippen molar-refractivity contribution in [2.75, 3.05) is 7.11 Å². The molecule has 1 aromatic carbocycles. The van der Waals surface area contributed by atoms with Crippen LogP contribution in [0.4, 0.5) is 0 Å². The van der Waals surface area contributed by atoms with Crippen molar-refractivity contribution in [2.45, 2.75) is 25.4 Å². The Morgan fingerprint density at radius 3 is 2.81 bits per heavy atom. The van der Waals surface area contributed by atoms with Crippen molar-refractivity contribution in [3.05, 3.63) is 40.6 Å². The van der Waals surface area contributed by atoms with Crippen LogP contribution < -0.4 is 0 Å². The van der Waals surface area contributed by atoms with E-state index >= 15 is 0 Å². The quantitative estimate of drug-likeness (QED) is 0.857. The molecule has 0 radical (unpaired) electrons. The summed E-state index contributed by atoms with van der Waals surface area (Å²) >= 11 is 6.16. The molecule has 1 unspecified atom stereocenters. The molecule has 0 aliphatic heterocycles. The zero-order chi connectivity index (χ0) is 11.5. The SMILES string of the molecule is COC1=C(c2ccccc2Cl)CCCC1O. The number of aliphatic hydroxyl groups is 1. The standard InChI is InChI=1S/C13H15ClO2/c1-16-13-10(6-4-8-12(13)15)9-5-2-3-7-11(9)14/h2-3,5,7,12,15H,4,6,8H2,1H3. The molecule has 16 heavy (non-hydrogen) atoms. The van der Waals surface area contributed by atoms with Gasteiger partial charge in [-0.05, 0) is 30.9 Å². The molecule has 0 heterocycles. The first-order chi connectivity index (χ1) is 7.74. The molecule has 1 aliphatic carbocycles. The lowest BCUT2D eigenvalue weighted by molar-refractivity contribution is 0.115. The van der Waals surface area contributed by atoms with E-state index in [0.717, 1.165) is 30.4 Å². The summed E-state index contributed by atoms with van der Waals surface area (Å²) in [5, 5.41) is 10.6. The van der Waals surface area contributed by atoms with Crippen molar-refractivity contribution in [2.24, 2.45) is 0 Å². The molecule has 0 spiro atoms. The fourth-order valence-corrected chi connectivity index (χ4v) is 2.41.